The van der Waals surface area contributed by atoms with E-state index in [1.165, 1.54) is 25.6 Å². The number of carbonyl (C=O) groups excluding carboxylic acids is 2. The quantitative estimate of drug-likeness (QED) is 0.274. The largest absolute Gasteiger partial charge is 0.457 e. The highest BCUT2D eigenvalue weighted by molar-refractivity contribution is 7.99. The lowest BCUT2D eigenvalue weighted by Gasteiger charge is -2.50. The van der Waals surface area contributed by atoms with Crippen LogP contribution in [0.15, 0.2) is 35.2 Å². The predicted molar refractivity (Wildman–Crippen MR) is 156 cm³/mol. The minimum atomic E-state index is -2.19. The van der Waals surface area contributed by atoms with Crippen molar-refractivity contribution >= 4 is 32.0 Å². The monoisotopic (exact) mass is 614 g/mol. The topological polar surface area (TPSA) is 108 Å². The fraction of sp³-hybridized carbons (Fsp3) is 0.724. The minimum absolute atomic E-state index is 0.0248. The molecular formula is C29H46O10SSi. The molecule has 232 valence electrons. The van der Waals surface area contributed by atoms with Crippen LogP contribution in [0.5, 0.6) is 0 Å². The zero-order valence-corrected chi connectivity index (χ0v) is 27.6. The maximum absolute atomic E-state index is 12.3. The van der Waals surface area contributed by atoms with E-state index >= 15 is 0 Å². The Kier molecular flexibility index (Phi) is 11.9. The van der Waals surface area contributed by atoms with Crippen LogP contribution in [0.4, 0.5) is 0 Å². The van der Waals surface area contributed by atoms with Gasteiger partial charge < -0.3 is 37.6 Å². The highest BCUT2D eigenvalue weighted by Crippen LogP contribution is 2.41. The van der Waals surface area contributed by atoms with Crippen LogP contribution in [0.1, 0.15) is 41.5 Å². The Hall–Kier alpha value is -1.51. The summed E-state index contributed by atoms with van der Waals surface area (Å²) in [6.07, 6.45) is -5.67. The maximum atomic E-state index is 12.3. The van der Waals surface area contributed by atoms with E-state index in [2.05, 4.69) is 33.9 Å². The van der Waals surface area contributed by atoms with Crippen LogP contribution < -0.4 is 0 Å². The Labute approximate surface area is 249 Å². The number of hydrogen-bond donors (Lipinski definition) is 0. The lowest BCUT2D eigenvalue weighted by Crippen LogP contribution is -2.65. The van der Waals surface area contributed by atoms with Crippen molar-refractivity contribution in [3.8, 4) is 0 Å². The summed E-state index contributed by atoms with van der Waals surface area (Å²) >= 11 is 1.39. The molecule has 2 aliphatic rings. The zero-order chi connectivity index (χ0) is 30.5. The molecule has 0 saturated carbocycles. The molecule has 12 heteroatoms. The van der Waals surface area contributed by atoms with E-state index in [-0.39, 0.29) is 11.6 Å². The molecule has 0 unspecified atom stereocenters. The molecule has 0 bridgehead atoms. The van der Waals surface area contributed by atoms with Gasteiger partial charge in [0.1, 0.15) is 23.7 Å². The van der Waals surface area contributed by atoms with E-state index < -0.39 is 74.7 Å². The molecule has 0 radical (unpaired) electrons. The molecule has 0 aromatic heterocycles. The Balaban J connectivity index is 1.92. The van der Waals surface area contributed by atoms with Gasteiger partial charge >= 0.3 is 11.9 Å². The van der Waals surface area contributed by atoms with Gasteiger partial charge in [0.05, 0.1) is 18.8 Å². The number of rotatable bonds is 10. The molecule has 10 nitrogen and oxygen atoms in total. The number of ether oxygens (including phenoxy) is 7. The van der Waals surface area contributed by atoms with Gasteiger partial charge in [0.2, 0.25) is 0 Å². The Morgan fingerprint density at radius 3 is 2.05 bits per heavy atom. The molecule has 1 aromatic carbocycles. The lowest BCUT2D eigenvalue weighted by molar-refractivity contribution is -0.331. The van der Waals surface area contributed by atoms with E-state index in [0.717, 1.165) is 4.90 Å². The molecule has 1 aromatic rings. The lowest BCUT2D eigenvalue weighted by atomic mass is 9.98. The smallest absolute Gasteiger partial charge is 0.303 e. The van der Waals surface area contributed by atoms with E-state index in [0.29, 0.717) is 0 Å². The molecule has 0 amide bonds. The SMILES string of the molecule is CO[C@@H]1[C@H](OC)[C@H](O[C@H]2[C@@H](OC(C)=O)[C@@H](Sc3ccccc3)OC[C@H]2OC(C)=O)O[C@H](C)[C@@H]1O[Si](C)(C)C(C)(C)C. The fourth-order valence-corrected chi connectivity index (χ4v) is 7.14. The zero-order valence-electron chi connectivity index (χ0n) is 25.8. The average molecular weight is 615 g/mol. The van der Waals surface area contributed by atoms with Crippen molar-refractivity contribution in [2.45, 2.75) is 119 Å². The van der Waals surface area contributed by atoms with Gasteiger partial charge in [-0.15, -0.1) is 0 Å². The maximum Gasteiger partial charge on any atom is 0.303 e. The molecular weight excluding hydrogens is 568 g/mol. The molecule has 0 aliphatic carbocycles. The Morgan fingerprint density at radius 1 is 0.902 bits per heavy atom. The van der Waals surface area contributed by atoms with Crippen LogP contribution in [0.2, 0.25) is 18.1 Å². The third kappa shape index (κ3) is 8.53. The molecule has 0 N–H and O–H groups in total. The third-order valence-corrected chi connectivity index (χ3v) is 13.5. The summed E-state index contributed by atoms with van der Waals surface area (Å²) in [7, 11) is 0.971. The second-order valence-corrected chi connectivity index (χ2v) is 17.8. The number of thioether (sulfide) groups is 1. The van der Waals surface area contributed by atoms with Crippen molar-refractivity contribution in [1.82, 2.24) is 0 Å². The van der Waals surface area contributed by atoms with Gasteiger partial charge in [-0.1, -0.05) is 50.7 Å². The first-order valence-electron chi connectivity index (χ1n) is 13.9. The van der Waals surface area contributed by atoms with Gasteiger partial charge in [-0.3, -0.25) is 9.59 Å². The minimum Gasteiger partial charge on any atom is -0.457 e. The molecule has 2 saturated heterocycles. The van der Waals surface area contributed by atoms with Crippen LogP contribution in [0.3, 0.4) is 0 Å². The van der Waals surface area contributed by atoms with Crippen LogP contribution in [0, 0.1) is 0 Å². The van der Waals surface area contributed by atoms with E-state index in [1.54, 1.807) is 14.2 Å². The molecule has 2 aliphatic heterocycles. The van der Waals surface area contributed by atoms with E-state index in [4.69, 9.17) is 37.6 Å². The first-order chi connectivity index (χ1) is 19.2. The summed E-state index contributed by atoms with van der Waals surface area (Å²) in [6, 6.07) is 9.61. The van der Waals surface area contributed by atoms with Crippen LogP contribution in [-0.4, -0.2) is 95.5 Å². The summed E-state index contributed by atoms with van der Waals surface area (Å²) in [5.41, 5.74) is -0.631. The Morgan fingerprint density at radius 2 is 1.51 bits per heavy atom. The summed E-state index contributed by atoms with van der Waals surface area (Å²) < 4.78 is 49.0. The van der Waals surface area contributed by atoms with Gasteiger partial charge in [-0.05, 0) is 37.2 Å². The fourth-order valence-electron chi connectivity index (χ4n) is 4.71. The van der Waals surface area contributed by atoms with Crippen molar-refractivity contribution in [2.24, 2.45) is 0 Å². The highest BCUT2D eigenvalue weighted by Gasteiger charge is 2.53. The second-order valence-electron chi connectivity index (χ2n) is 11.9. The van der Waals surface area contributed by atoms with Crippen molar-refractivity contribution < 1.29 is 47.2 Å². The molecule has 41 heavy (non-hydrogen) atoms. The normalized spacial score (nSPS) is 32.8. The van der Waals surface area contributed by atoms with E-state index in [1.807, 2.05) is 37.3 Å². The van der Waals surface area contributed by atoms with E-state index in [9.17, 15) is 9.59 Å². The van der Waals surface area contributed by atoms with Gasteiger partial charge in [0.15, 0.2) is 26.8 Å². The van der Waals surface area contributed by atoms with Crippen LogP contribution >= 0.6 is 11.8 Å². The van der Waals surface area contributed by atoms with Crippen molar-refractivity contribution in [2.75, 3.05) is 20.8 Å². The van der Waals surface area contributed by atoms with Crippen LogP contribution in [0.25, 0.3) is 0 Å². The molecule has 0 spiro atoms. The van der Waals surface area contributed by atoms with Gasteiger partial charge in [0, 0.05) is 33.0 Å². The van der Waals surface area contributed by atoms with Crippen molar-refractivity contribution in [3.63, 3.8) is 0 Å². The van der Waals surface area contributed by atoms with Crippen LogP contribution in [-0.2, 0) is 47.2 Å². The molecule has 3 rings (SSSR count). The van der Waals surface area contributed by atoms with Gasteiger partial charge in [-0.2, -0.15) is 0 Å². The van der Waals surface area contributed by atoms with Gasteiger partial charge in [-0.25, -0.2) is 0 Å². The predicted octanol–water partition coefficient (Wildman–Crippen LogP) is 4.55. The summed E-state index contributed by atoms with van der Waals surface area (Å²) in [5.74, 6) is -1.03. The van der Waals surface area contributed by atoms with Crippen molar-refractivity contribution in [1.29, 1.82) is 0 Å². The summed E-state index contributed by atoms with van der Waals surface area (Å²) in [5, 5.41) is -0.0248. The number of hydrogen-bond acceptors (Lipinski definition) is 11. The summed E-state index contributed by atoms with van der Waals surface area (Å²) in [6.45, 7) is 15.5. The van der Waals surface area contributed by atoms with Crippen molar-refractivity contribution in [3.05, 3.63) is 30.3 Å². The first-order valence-corrected chi connectivity index (χ1v) is 17.7. The highest BCUT2D eigenvalue weighted by atomic mass is 32.2. The van der Waals surface area contributed by atoms with Gasteiger partial charge in [0.25, 0.3) is 0 Å². The second kappa shape index (κ2) is 14.3. The summed E-state index contributed by atoms with van der Waals surface area (Å²) in [4.78, 5) is 25.2. The standard InChI is InChI=1S/C29H46O10SSi/c1-17-22(39-41(9,10)29(4,5)6)24(32-7)25(33-8)27(35-17)38-23-21(36-18(2)30)16-34-28(26(23)37-19(3)31)40-20-14-12-11-13-15-20/h11-15,17,21-28H,16H2,1-10H3/t17-,21-,22+,23-,24+,25+,26-,27+,28-/m1/s1. The molecule has 9 atom stereocenters. The number of esters is 2. The number of benzene rings is 1. The third-order valence-electron chi connectivity index (χ3n) is 7.80. The molecule has 2 heterocycles. The first kappa shape index (κ1) is 34.0. The average Bonchev–Trinajstić information content (AvgIpc) is 2.87. The number of methoxy groups -OCH3 is 2. The number of carbonyl (C=O) groups is 2. The molecule has 2 fully saturated rings. The Bertz CT molecular complexity index is 1000.